The summed E-state index contributed by atoms with van der Waals surface area (Å²) in [7, 11) is 0. The third kappa shape index (κ3) is 4.24. The summed E-state index contributed by atoms with van der Waals surface area (Å²) in [6, 6.07) is 3.68. The normalized spacial score (nSPS) is 25.7. The van der Waals surface area contributed by atoms with Crippen LogP contribution in [-0.2, 0) is 9.53 Å². The third-order valence-corrected chi connectivity index (χ3v) is 6.16. The largest absolute Gasteiger partial charge is 0.449 e. The summed E-state index contributed by atoms with van der Waals surface area (Å²) in [4.78, 5) is 34.9. The number of benzene rings is 1. The number of ether oxygens (including phenoxy) is 1. The quantitative estimate of drug-likeness (QED) is 0.450. The van der Waals surface area contributed by atoms with Crippen LogP contribution in [0.4, 0.5) is 5.69 Å². The second kappa shape index (κ2) is 7.84. The molecule has 0 aliphatic heterocycles. The molecule has 3 rings (SSSR count). The van der Waals surface area contributed by atoms with Gasteiger partial charge in [0, 0.05) is 12.1 Å². The van der Waals surface area contributed by atoms with Gasteiger partial charge in [0.05, 0.1) is 10.5 Å². The third-order valence-electron chi connectivity index (χ3n) is 5.84. The summed E-state index contributed by atoms with van der Waals surface area (Å²) in [5.41, 5.74) is -0.403. The molecule has 8 heteroatoms. The number of nitro benzene ring substituents is 1. The molecule has 0 saturated heterocycles. The summed E-state index contributed by atoms with van der Waals surface area (Å²) >= 11 is 5.74. The lowest BCUT2D eigenvalue weighted by molar-refractivity contribution is -0.384. The molecule has 27 heavy (non-hydrogen) atoms. The zero-order valence-corrected chi connectivity index (χ0v) is 16.1. The molecule has 2 saturated carbocycles. The number of nitrogens with zero attached hydrogens (tertiary/aromatic N) is 1. The van der Waals surface area contributed by atoms with Crippen LogP contribution in [0.3, 0.4) is 0 Å². The van der Waals surface area contributed by atoms with E-state index in [1.807, 2.05) is 6.92 Å². The molecular weight excluding hydrogens is 372 g/mol. The molecule has 146 valence electrons. The van der Waals surface area contributed by atoms with Gasteiger partial charge in [-0.1, -0.05) is 18.0 Å². The maximum Gasteiger partial charge on any atom is 0.339 e. The maximum absolute atomic E-state index is 12.4. The molecule has 0 spiro atoms. The van der Waals surface area contributed by atoms with Crippen LogP contribution >= 0.6 is 11.6 Å². The predicted octanol–water partition coefficient (Wildman–Crippen LogP) is 3.73. The Labute approximate surface area is 162 Å². The Morgan fingerprint density at radius 2 is 2.04 bits per heavy atom. The molecule has 5 atom stereocenters. The molecular formula is C19H23ClN2O5. The zero-order valence-electron chi connectivity index (χ0n) is 15.3. The minimum atomic E-state index is -0.992. The maximum atomic E-state index is 12.4. The smallest absolute Gasteiger partial charge is 0.339 e. The first kappa shape index (κ1) is 19.6. The molecule has 2 aliphatic carbocycles. The lowest BCUT2D eigenvalue weighted by Gasteiger charge is -2.29. The van der Waals surface area contributed by atoms with Gasteiger partial charge >= 0.3 is 5.97 Å². The predicted molar refractivity (Wildman–Crippen MR) is 99.5 cm³/mol. The average molecular weight is 395 g/mol. The first-order valence-corrected chi connectivity index (χ1v) is 9.59. The highest BCUT2D eigenvalue weighted by Gasteiger charge is 2.42. The second-order valence-corrected chi connectivity index (χ2v) is 8.01. The van der Waals surface area contributed by atoms with Gasteiger partial charge in [-0.25, -0.2) is 4.79 Å². The lowest BCUT2D eigenvalue weighted by Crippen LogP contribution is -2.45. The number of carbonyl (C=O) groups excluding carboxylic acids is 2. The Kier molecular flexibility index (Phi) is 5.69. The molecule has 2 fully saturated rings. The number of amides is 1. The summed E-state index contributed by atoms with van der Waals surface area (Å²) in [6.07, 6.45) is 3.94. The Bertz CT molecular complexity index is 768. The Balaban J connectivity index is 1.57. The number of hydrogen-bond acceptors (Lipinski definition) is 5. The van der Waals surface area contributed by atoms with Crippen molar-refractivity contribution >= 4 is 29.2 Å². The molecule has 0 unspecified atom stereocenters. The highest BCUT2D eigenvalue weighted by Crippen LogP contribution is 2.49. The molecule has 2 bridgehead atoms. The molecule has 0 aromatic heterocycles. The molecule has 1 aromatic carbocycles. The van der Waals surface area contributed by atoms with Crippen molar-refractivity contribution in [1.29, 1.82) is 0 Å². The highest BCUT2D eigenvalue weighted by atomic mass is 35.5. The van der Waals surface area contributed by atoms with Gasteiger partial charge in [0.2, 0.25) is 0 Å². The second-order valence-electron chi connectivity index (χ2n) is 7.61. The van der Waals surface area contributed by atoms with Gasteiger partial charge < -0.3 is 10.1 Å². The lowest BCUT2D eigenvalue weighted by atomic mass is 9.84. The number of rotatable bonds is 6. The summed E-state index contributed by atoms with van der Waals surface area (Å²) < 4.78 is 5.18. The van der Waals surface area contributed by atoms with E-state index in [9.17, 15) is 19.7 Å². The van der Waals surface area contributed by atoms with Gasteiger partial charge in [-0.15, -0.1) is 0 Å². The van der Waals surface area contributed by atoms with Crippen LogP contribution in [0.5, 0.6) is 0 Å². The Morgan fingerprint density at radius 3 is 2.63 bits per heavy atom. The Morgan fingerprint density at radius 1 is 1.30 bits per heavy atom. The number of esters is 1. The van der Waals surface area contributed by atoms with E-state index in [2.05, 4.69) is 5.32 Å². The van der Waals surface area contributed by atoms with Gasteiger partial charge in [0.15, 0.2) is 6.10 Å². The first-order valence-electron chi connectivity index (χ1n) is 9.21. The van der Waals surface area contributed by atoms with Crippen LogP contribution < -0.4 is 5.32 Å². The first-order chi connectivity index (χ1) is 12.8. The van der Waals surface area contributed by atoms with Crippen LogP contribution in [-0.4, -0.2) is 28.9 Å². The van der Waals surface area contributed by atoms with Crippen LogP contribution in [0, 0.1) is 27.9 Å². The number of fused-ring (bicyclic) bond motifs is 2. The number of hydrogen-bond donors (Lipinski definition) is 1. The van der Waals surface area contributed by atoms with Gasteiger partial charge in [0.1, 0.15) is 5.02 Å². The van der Waals surface area contributed by atoms with Gasteiger partial charge in [-0.3, -0.25) is 14.9 Å². The standard InChI is InChI=1S/C19H23ClN2O5/c1-10(15-8-12-3-4-13(15)7-12)21-18(23)11(2)27-19(24)14-5-6-16(20)17(9-14)22(25)26/h5-6,9-13,15H,3-4,7-8H2,1-2H3,(H,21,23)/t10-,11-,12-,13-,15-/m0/s1. The van der Waals surface area contributed by atoms with Crippen molar-refractivity contribution in [3.63, 3.8) is 0 Å². The van der Waals surface area contributed by atoms with E-state index in [-0.39, 0.29) is 28.2 Å². The minimum absolute atomic E-state index is 0.0214. The van der Waals surface area contributed by atoms with Gasteiger partial charge in [-0.2, -0.15) is 0 Å². The van der Waals surface area contributed by atoms with E-state index in [1.54, 1.807) is 0 Å². The molecule has 0 radical (unpaired) electrons. The fourth-order valence-corrected chi connectivity index (χ4v) is 4.60. The molecule has 0 heterocycles. The van der Waals surface area contributed by atoms with Crippen molar-refractivity contribution in [1.82, 2.24) is 5.32 Å². The molecule has 7 nitrogen and oxygen atoms in total. The van der Waals surface area contributed by atoms with E-state index >= 15 is 0 Å². The number of nitrogens with one attached hydrogen (secondary N) is 1. The molecule has 2 aliphatic rings. The number of nitro groups is 1. The highest BCUT2D eigenvalue weighted by molar-refractivity contribution is 6.32. The topological polar surface area (TPSA) is 98.5 Å². The SMILES string of the molecule is C[C@H](OC(=O)c1ccc(Cl)c([N+](=O)[O-])c1)C(=O)N[C@@H](C)[C@@H]1C[C@H]2CC[C@H]1C2. The fraction of sp³-hybridized carbons (Fsp3) is 0.579. The fourth-order valence-electron chi connectivity index (χ4n) is 4.42. The van der Waals surface area contributed by atoms with Crippen molar-refractivity contribution < 1.29 is 19.2 Å². The van der Waals surface area contributed by atoms with Crippen LogP contribution in [0.1, 0.15) is 49.9 Å². The van der Waals surface area contributed by atoms with E-state index in [0.29, 0.717) is 11.8 Å². The molecule has 1 aromatic rings. The summed E-state index contributed by atoms with van der Waals surface area (Å²) in [5.74, 6) is 0.787. The van der Waals surface area contributed by atoms with Crippen molar-refractivity contribution in [3.8, 4) is 0 Å². The van der Waals surface area contributed by atoms with Gasteiger partial charge in [-0.05, 0) is 63.0 Å². The Hall–Kier alpha value is -2.15. The van der Waals surface area contributed by atoms with Crippen LogP contribution in [0.2, 0.25) is 5.02 Å². The zero-order chi connectivity index (χ0) is 19.7. The van der Waals surface area contributed by atoms with Crippen molar-refractivity contribution in [2.45, 2.75) is 51.7 Å². The summed E-state index contributed by atoms with van der Waals surface area (Å²) in [6.45, 7) is 3.49. The number of carbonyl (C=O) groups is 2. The minimum Gasteiger partial charge on any atom is -0.449 e. The van der Waals surface area contributed by atoms with Crippen molar-refractivity contribution in [3.05, 3.63) is 38.9 Å². The van der Waals surface area contributed by atoms with E-state index in [0.717, 1.165) is 18.4 Å². The van der Waals surface area contributed by atoms with Crippen molar-refractivity contribution in [2.75, 3.05) is 0 Å². The van der Waals surface area contributed by atoms with E-state index in [1.165, 1.54) is 38.3 Å². The monoisotopic (exact) mass is 394 g/mol. The van der Waals surface area contributed by atoms with Gasteiger partial charge in [0.25, 0.3) is 11.6 Å². The van der Waals surface area contributed by atoms with Crippen LogP contribution in [0.15, 0.2) is 18.2 Å². The molecule has 1 N–H and O–H groups in total. The van der Waals surface area contributed by atoms with E-state index < -0.39 is 17.0 Å². The van der Waals surface area contributed by atoms with Crippen LogP contribution in [0.25, 0.3) is 0 Å². The van der Waals surface area contributed by atoms with E-state index in [4.69, 9.17) is 16.3 Å². The molecule has 1 amide bonds. The van der Waals surface area contributed by atoms with Crippen molar-refractivity contribution in [2.24, 2.45) is 17.8 Å². The number of halogens is 1. The summed E-state index contributed by atoms with van der Waals surface area (Å²) in [5, 5.41) is 13.8. The average Bonchev–Trinajstić information content (AvgIpc) is 3.24.